The molecule has 2 heterocycles. The predicted octanol–water partition coefficient (Wildman–Crippen LogP) is 2.16. The van der Waals surface area contributed by atoms with E-state index in [1.807, 2.05) is 5.38 Å². The van der Waals surface area contributed by atoms with Gasteiger partial charge in [0.1, 0.15) is 5.69 Å². The quantitative estimate of drug-likeness (QED) is 0.914. The van der Waals surface area contributed by atoms with Crippen molar-refractivity contribution < 1.29 is 14.4 Å². The van der Waals surface area contributed by atoms with Crippen LogP contribution in [0.3, 0.4) is 0 Å². The summed E-state index contributed by atoms with van der Waals surface area (Å²) >= 11 is 1.45. The molecular formula is C11H11N3O3S. The molecule has 3 rings (SSSR count). The van der Waals surface area contributed by atoms with Gasteiger partial charge in [0, 0.05) is 5.38 Å². The zero-order chi connectivity index (χ0) is 12.5. The van der Waals surface area contributed by atoms with Crippen molar-refractivity contribution in [3.63, 3.8) is 0 Å². The average Bonchev–Trinajstić information content (AvgIpc) is 3.10. The second-order valence-corrected chi connectivity index (χ2v) is 5.03. The molecule has 94 valence electrons. The summed E-state index contributed by atoms with van der Waals surface area (Å²) in [7, 11) is 0. The Morgan fingerprint density at radius 3 is 3.11 bits per heavy atom. The molecule has 2 atom stereocenters. The van der Waals surface area contributed by atoms with Gasteiger partial charge in [-0.3, -0.25) is 4.79 Å². The first kappa shape index (κ1) is 11.3. The lowest BCUT2D eigenvalue weighted by Gasteiger charge is -2.09. The van der Waals surface area contributed by atoms with E-state index in [1.54, 1.807) is 5.51 Å². The lowest BCUT2D eigenvalue weighted by atomic mass is 9.96. The van der Waals surface area contributed by atoms with E-state index in [2.05, 4.69) is 15.1 Å². The van der Waals surface area contributed by atoms with E-state index in [1.165, 1.54) is 11.3 Å². The van der Waals surface area contributed by atoms with E-state index >= 15 is 0 Å². The Hall–Kier alpha value is -1.76. The summed E-state index contributed by atoms with van der Waals surface area (Å²) in [5.74, 6) is -0.507. The predicted molar refractivity (Wildman–Crippen MR) is 63.1 cm³/mol. The van der Waals surface area contributed by atoms with Crippen LogP contribution < -0.4 is 0 Å². The number of carboxylic acid groups (broad SMARTS) is 1. The first-order chi connectivity index (χ1) is 8.75. The Morgan fingerprint density at radius 1 is 1.50 bits per heavy atom. The monoisotopic (exact) mass is 265 g/mol. The minimum Gasteiger partial charge on any atom is -0.481 e. The minimum absolute atomic E-state index is 0.164. The highest BCUT2D eigenvalue weighted by atomic mass is 32.1. The molecule has 6 nitrogen and oxygen atoms in total. The highest BCUT2D eigenvalue weighted by Crippen LogP contribution is 2.39. The summed E-state index contributed by atoms with van der Waals surface area (Å²) < 4.78 is 5.19. The first-order valence-electron chi connectivity index (χ1n) is 5.70. The topological polar surface area (TPSA) is 89.1 Å². The summed E-state index contributed by atoms with van der Waals surface area (Å²) in [4.78, 5) is 19.5. The molecule has 1 saturated carbocycles. The van der Waals surface area contributed by atoms with Crippen molar-refractivity contribution in [2.24, 2.45) is 5.92 Å². The van der Waals surface area contributed by atoms with E-state index in [-0.39, 0.29) is 5.92 Å². The van der Waals surface area contributed by atoms with Gasteiger partial charge in [0.2, 0.25) is 11.7 Å². The maximum Gasteiger partial charge on any atom is 0.307 e. The fourth-order valence-corrected chi connectivity index (χ4v) is 2.89. The van der Waals surface area contributed by atoms with E-state index in [9.17, 15) is 4.79 Å². The summed E-state index contributed by atoms with van der Waals surface area (Å²) in [6.45, 7) is 0. The smallest absolute Gasteiger partial charge is 0.307 e. The third-order valence-corrected chi connectivity index (χ3v) is 3.84. The number of aromatic nitrogens is 3. The van der Waals surface area contributed by atoms with Crippen LogP contribution in [0.25, 0.3) is 11.5 Å². The normalized spacial score (nSPS) is 23.3. The van der Waals surface area contributed by atoms with Gasteiger partial charge in [-0.15, -0.1) is 11.3 Å². The number of hydrogen-bond acceptors (Lipinski definition) is 6. The van der Waals surface area contributed by atoms with Crippen LogP contribution in [0.1, 0.15) is 31.1 Å². The number of aliphatic carboxylic acids is 1. The number of carboxylic acids is 1. The van der Waals surface area contributed by atoms with Crippen molar-refractivity contribution in [3.05, 3.63) is 16.8 Å². The highest BCUT2D eigenvalue weighted by Gasteiger charge is 2.37. The molecule has 1 fully saturated rings. The summed E-state index contributed by atoms with van der Waals surface area (Å²) in [6, 6.07) is 0. The van der Waals surface area contributed by atoms with Crippen LogP contribution in [-0.2, 0) is 4.79 Å². The average molecular weight is 265 g/mol. The standard InChI is InChI=1S/C11H11N3O3S/c15-11(16)7-3-1-2-6(7)10-13-9(14-17-10)8-4-18-5-12-8/h4-7H,1-3H2,(H,15,16). The minimum atomic E-state index is -0.786. The Balaban J connectivity index is 1.87. The summed E-state index contributed by atoms with van der Waals surface area (Å²) in [5.41, 5.74) is 2.36. The van der Waals surface area contributed by atoms with Gasteiger partial charge in [-0.25, -0.2) is 4.98 Å². The number of rotatable bonds is 3. The highest BCUT2D eigenvalue weighted by molar-refractivity contribution is 7.07. The molecule has 0 aliphatic heterocycles. The lowest BCUT2D eigenvalue weighted by Crippen LogP contribution is -2.17. The molecule has 0 radical (unpaired) electrons. The molecule has 0 bridgehead atoms. The van der Waals surface area contributed by atoms with Crippen molar-refractivity contribution in [1.82, 2.24) is 15.1 Å². The second-order valence-electron chi connectivity index (χ2n) is 4.31. The molecule has 0 saturated heterocycles. The van der Waals surface area contributed by atoms with E-state index in [4.69, 9.17) is 9.63 Å². The van der Waals surface area contributed by atoms with Gasteiger partial charge in [-0.05, 0) is 12.8 Å². The van der Waals surface area contributed by atoms with Gasteiger partial charge >= 0.3 is 5.97 Å². The molecule has 0 amide bonds. The Morgan fingerprint density at radius 2 is 2.39 bits per heavy atom. The van der Waals surface area contributed by atoms with Gasteiger partial charge in [-0.2, -0.15) is 4.98 Å². The van der Waals surface area contributed by atoms with Gasteiger partial charge < -0.3 is 9.63 Å². The zero-order valence-corrected chi connectivity index (χ0v) is 10.3. The fraction of sp³-hybridized carbons (Fsp3) is 0.455. The van der Waals surface area contributed by atoms with Crippen molar-refractivity contribution in [2.75, 3.05) is 0 Å². The number of thiazole rings is 1. The summed E-state index contributed by atoms with van der Waals surface area (Å²) in [5, 5.41) is 14.8. The SMILES string of the molecule is O=C(O)C1CCCC1c1nc(-c2cscn2)no1. The molecule has 18 heavy (non-hydrogen) atoms. The molecule has 0 spiro atoms. The fourth-order valence-electron chi connectivity index (χ4n) is 2.36. The molecule has 7 heteroatoms. The molecule has 2 aromatic heterocycles. The number of hydrogen-bond donors (Lipinski definition) is 1. The Bertz CT molecular complexity index is 552. The van der Waals surface area contributed by atoms with Crippen LogP contribution in [0.5, 0.6) is 0 Å². The molecule has 2 unspecified atom stereocenters. The van der Waals surface area contributed by atoms with Crippen LogP contribution >= 0.6 is 11.3 Å². The van der Waals surface area contributed by atoms with Crippen molar-refractivity contribution >= 4 is 17.3 Å². The van der Waals surface area contributed by atoms with E-state index in [0.29, 0.717) is 23.8 Å². The summed E-state index contributed by atoms with van der Waals surface area (Å²) in [6.07, 6.45) is 2.35. The third-order valence-electron chi connectivity index (χ3n) is 3.25. The maximum absolute atomic E-state index is 11.1. The van der Waals surface area contributed by atoms with E-state index in [0.717, 1.165) is 12.8 Å². The van der Waals surface area contributed by atoms with Gasteiger partial charge in [0.25, 0.3) is 0 Å². The Labute approximate surface area is 107 Å². The van der Waals surface area contributed by atoms with Crippen molar-refractivity contribution in [2.45, 2.75) is 25.2 Å². The number of carbonyl (C=O) groups is 1. The Kier molecular flexibility index (Phi) is 2.83. The molecule has 1 aliphatic carbocycles. The van der Waals surface area contributed by atoms with Crippen LogP contribution in [0.2, 0.25) is 0 Å². The van der Waals surface area contributed by atoms with Gasteiger partial charge in [0.15, 0.2) is 0 Å². The largest absolute Gasteiger partial charge is 0.481 e. The molecule has 0 aromatic carbocycles. The maximum atomic E-state index is 11.1. The van der Waals surface area contributed by atoms with Crippen molar-refractivity contribution in [1.29, 1.82) is 0 Å². The van der Waals surface area contributed by atoms with Crippen LogP contribution in [0, 0.1) is 5.92 Å². The number of nitrogens with zero attached hydrogens (tertiary/aromatic N) is 3. The van der Waals surface area contributed by atoms with E-state index < -0.39 is 11.9 Å². The van der Waals surface area contributed by atoms with Crippen molar-refractivity contribution in [3.8, 4) is 11.5 Å². The molecule has 1 N–H and O–H groups in total. The van der Waals surface area contributed by atoms with Crippen LogP contribution in [0.15, 0.2) is 15.4 Å². The van der Waals surface area contributed by atoms with Gasteiger partial charge in [0.05, 0.1) is 17.3 Å². The first-order valence-corrected chi connectivity index (χ1v) is 6.65. The van der Waals surface area contributed by atoms with Crippen LogP contribution in [-0.4, -0.2) is 26.2 Å². The molecule has 2 aromatic rings. The molecular weight excluding hydrogens is 254 g/mol. The second kappa shape index (κ2) is 4.49. The van der Waals surface area contributed by atoms with Gasteiger partial charge in [-0.1, -0.05) is 11.6 Å². The third kappa shape index (κ3) is 1.90. The molecule has 1 aliphatic rings. The lowest BCUT2D eigenvalue weighted by molar-refractivity contribution is -0.142. The zero-order valence-electron chi connectivity index (χ0n) is 9.44. The van der Waals surface area contributed by atoms with Crippen LogP contribution in [0.4, 0.5) is 0 Å².